The average Bonchev–Trinajstić information content (AvgIpc) is 2.35. The van der Waals surface area contributed by atoms with E-state index in [0.717, 1.165) is 19.0 Å². The molecule has 1 heterocycles. The van der Waals surface area contributed by atoms with Crippen molar-refractivity contribution in [1.29, 1.82) is 0 Å². The van der Waals surface area contributed by atoms with Gasteiger partial charge in [-0.3, -0.25) is 4.79 Å². The van der Waals surface area contributed by atoms with Crippen molar-refractivity contribution in [3.05, 3.63) is 0 Å². The van der Waals surface area contributed by atoms with Gasteiger partial charge in [0, 0.05) is 14.1 Å². The van der Waals surface area contributed by atoms with Crippen molar-refractivity contribution in [2.45, 2.75) is 32.7 Å². The minimum atomic E-state index is -0.0609. The quantitative estimate of drug-likeness (QED) is 0.773. The molecular formula is C13H27N3O. The molecular weight excluding hydrogens is 214 g/mol. The monoisotopic (exact) mass is 241 g/mol. The number of piperidine rings is 1. The van der Waals surface area contributed by atoms with Gasteiger partial charge >= 0.3 is 0 Å². The van der Waals surface area contributed by atoms with Crippen molar-refractivity contribution in [2.75, 3.05) is 40.3 Å². The SMILES string of the molecule is CCN1CCC(CNC(C)C(=O)N(C)C)CC1. The number of nitrogens with zero attached hydrogens (tertiary/aromatic N) is 2. The summed E-state index contributed by atoms with van der Waals surface area (Å²) in [5.41, 5.74) is 0. The lowest BCUT2D eigenvalue weighted by Gasteiger charge is -2.31. The molecule has 0 saturated carbocycles. The Labute approximate surface area is 105 Å². The highest BCUT2D eigenvalue weighted by atomic mass is 16.2. The Hall–Kier alpha value is -0.610. The Balaban J connectivity index is 2.21. The van der Waals surface area contributed by atoms with Crippen LogP contribution < -0.4 is 5.32 Å². The molecule has 1 N–H and O–H groups in total. The third-order valence-electron chi connectivity index (χ3n) is 3.68. The van der Waals surface area contributed by atoms with Crippen LogP contribution in [0, 0.1) is 5.92 Å². The number of carbonyl (C=O) groups excluding carboxylic acids is 1. The number of amides is 1. The van der Waals surface area contributed by atoms with Crippen LogP contribution in [-0.4, -0.2) is 62.0 Å². The first kappa shape index (κ1) is 14.5. The molecule has 1 aliphatic rings. The van der Waals surface area contributed by atoms with Gasteiger partial charge in [0.1, 0.15) is 0 Å². The maximum absolute atomic E-state index is 11.7. The zero-order valence-electron chi connectivity index (χ0n) is 11.7. The van der Waals surface area contributed by atoms with Gasteiger partial charge in [-0.25, -0.2) is 0 Å². The summed E-state index contributed by atoms with van der Waals surface area (Å²) >= 11 is 0. The van der Waals surface area contributed by atoms with Gasteiger partial charge < -0.3 is 15.1 Å². The highest BCUT2D eigenvalue weighted by Gasteiger charge is 2.20. The normalized spacial score (nSPS) is 20.2. The van der Waals surface area contributed by atoms with E-state index in [4.69, 9.17) is 0 Å². The molecule has 0 spiro atoms. The van der Waals surface area contributed by atoms with Gasteiger partial charge in [-0.1, -0.05) is 6.92 Å². The average molecular weight is 241 g/mol. The smallest absolute Gasteiger partial charge is 0.238 e. The number of hydrogen-bond donors (Lipinski definition) is 1. The van der Waals surface area contributed by atoms with E-state index in [9.17, 15) is 4.79 Å². The summed E-state index contributed by atoms with van der Waals surface area (Å²) in [5.74, 6) is 0.895. The number of likely N-dealkylation sites (N-methyl/N-ethyl adjacent to an activating group) is 1. The molecule has 1 unspecified atom stereocenters. The van der Waals surface area contributed by atoms with E-state index in [-0.39, 0.29) is 11.9 Å². The lowest BCUT2D eigenvalue weighted by molar-refractivity contribution is -0.130. The summed E-state index contributed by atoms with van der Waals surface area (Å²) < 4.78 is 0. The second kappa shape index (κ2) is 6.97. The van der Waals surface area contributed by atoms with Crippen LogP contribution in [0.4, 0.5) is 0 Å². The highest BCUT2D eigenvalue weighted by molar-refractivity contribution is 5.80. The van der Waals surface area contributed by atoms with Crippen molar-refractivity contribution in [1.82, 2.24) is 15.1 Å². The lowest BCUT2D eigenvalue weighted by Crippen LogP contribution is -2.45. The van der Waals surface area contributed by atoms with Crippen molar-refractivity contribution in [3.63, 3.8) is 0 Å². The minimum absolute atomic E-state index is 0.0609. The number of likely N-dealkylation sites (tertiary alicyclic amines) is 1. The molecule has 1 rings (SSSR count). The van der Waals surface area contributed by atoms with Gasteiger partial charge in [0.2, 0.25) is 5.91 Å². The van der Waals surface area contributed by atoms with Crippen LogP contribution in [0.3, 0.4) is 0 Å². The van der Waals surface area contributed by atoms with Gasteiger partial charge in [0.25, 0.3) is 0 Å². The molecule has 0 aromatic carbocycles. The van der Waals surface area contributed by atoms with E-state index in [0.29, 0.717) is 0 Å². The number of carbonyl (C=O) groups is 1. The topological polar surface area (TPSA) is 35.6 Å². The Kier molecular flexibility index (Phi) is 5.92. The van der Waals surface area contributed by atoms with E-state index < -0.39 is 0 Å². The molecule has 0 aliphatic carbocycles. The molecule has 100 valence electrons. The molecule has 4 heteroatoms. The Bertz CT molecular complexity index is 235. The molecule has 1 fully saturated rings. The molecule has 0 aromatic heterocycles. The second-order valence-corrected chi connectivity index (χ2v) is 5.24. The van der Waals surface area contributed by atoms with Crippen LogP contribution in [0.25, 0.3) is 0 Å². The van der Waals surface area contributed by atoms with E-state index >= 15 is 0 Å². The zero-order chi connectivity index (χ0) is 12.8. The Morgan fingerprint density at radius 2 is 2.00 bits per heavy atom. The van der Waals surface area contributed by atoms with Gasteiger partial charge in [0.15, 0.2) is 0 Å². The molecule has 4 nitrogen and oxygen atoms in total. The van der Waals surface area contributed by atoms with Crippen LogP contribution in [0.15, 0.2) is 0 Å². The lowest BCUT2D eigenvalue weighted by atomic mass is 9.96. The molecule has 1 atom stereocenters. The largest absolute Gasteiger partial charge is 0.347 e. The third-order valence-corrected chi connectivity index (χ3v) is 3.68. The molecule has 1 saturated heterocycles. The second-order valence-electron chi connectivity index (χ2n) is 5.24. The molecule has 0 radical (unpaired) electrons. The molecule has 0 bridgehead atoms. The summed E-state index contributed by atoms with van der Waals surface area (Å²) in [4.78, 5) is 15.8. The molecule has 1 amide bonds. The minimum Gasteiger partial charge on any atom is -0.347 e. The first-order valence-corrected chi connectivity index (χ1v) is 6.71. The summed E-state index contributed by atoms with van der Waals surface area (Å²) in [6.45, 7) is 8.71. The summed E-state index contributed by atoms with van der Waals surface area (Å²) in [7, 11) is 3.61. The van der Waals surface area contributed by atoms with Crippen LogP contribution in [0.1, 0.15) is 26.7 Å². The fourth-order valence-corrected chi connectivity index (χ4v) is 2.32. The van der Waals surface area contributed by atoms with Crippen LogP contribution in [0.2, 0.25) is 0 Å². The molecule has 1 aliphatic heterocycles. The van der Waals surface area contributed by atoms with E-state index in [1.165, 1.54) is 25.9 Å². The third kappa shape index (κ3) is 4.64. The highest BCUT2D eigenvalue weighted by Crippen LogP contribution is 2.15. The fourth-order valence-electron chi connectivity index (χ4n) is 2.32. The maximum atomic E-state index is 11.7. The first-order valence-electron chi connectivity index (χ1n) is 6.71. The van der Waals surface area contributed by atoms with Crippen LogP contribution in [-0.2, 0) is 4.79 Å². The van der Waals surface area contributed by atoms with Crippen molar-refractivity contribution in [3.8, 4) is 0 Å². The number of rotatable bonds is 5. The first-order chi connectivity index (χ1) is 8.04. The standard InChI is InChI=1S/C13H27N3O/c1-5-16-8-6-12(7-9-16)10-14-11(2)13(17)15(3)4/h11-12,14H,5-10H2,1-4H3. The van der Waals surface area contributed by atoms with Crippen LogP contribution in [0.5, 0.6) is 0 Å². The molecule has 17 heavy (non-hydrogen) atoms. The van der Waals surface area contributed by atoms with E-state index in [1.807, 2.05) is 6.92 Å². The van der Waals surface area contributed by atoms with Crippen molar-refractivity contribution in [2.24, 2.45) is 5.92 Å². The zero-order valence-corrected chi connectivity index (χ0v) is 11.7. The van der Waals surface area contributed by atoms with Gasteiger partial charge in [-0.05, 0) is 51.9 Å². The maximum Gasteiger partial charge on any atom is 0.238 e. The summed E-state index contributed by atoms with van der Waals surface area (Å²) in [6.07, 6.45) is 2.51. The Morgan fingerprint density at radius 1 is 1.41 bits per heavy atom. The fraction of sp³-hybridized carbons (Fsp3) is 0.923. The number of hydrogen-bond acceptors (Lipinski definition) is 3. The van der Waals surface area contributed by atoms with Crippen LogP contribution >= 0.6 is 0 Å². The summed E-state index contributed by atoms with van der Waals surface area (Å²) in [6, 6.07) is -0.0609. The van der Waals surface area contributed by atoms with Gasteiger partial charge in [-0.2, -0.15) is 0 Å². The van der Waals surface area contributed by atoms with E-state index in [1.54, 1.807) is 19.0 Å². The van der Waals surface area contributed by atoms with Gasteiger partial charge in [0.05, 0.1) is 6.04 Å². The predicted octanol–water partition coefficient (Wildman–Crippen LogP) is 0.785. The molecule has 0 aromatic rings. The Morgan fingerprint density at radius 3 is 2.47 bits per heavy atom. The van der Waals surface area contributed by atoms with Crippen molar-refractivity contribution < 1.29 is 4.79 Å². The number of nitrogens with one attached hydrogen (secondary N) is 1. The van der Waals surface area contributed by atoms with Crippen molar-refractivity contribution >= 4 is 5.91 Å². The van der Waals surface area contributed by atoms with Gasteiger partial charge in [-0.15, -0.1) is 0 Å². The predicted molar refractivity (Wildman–Crippen MR) is 71.0 cm³/mol. The van der Waals surface area contributed by atoms with E-state index in [2.05, 4.69) is 17.1 Å². The summed E-state index contributed by atoms with van der Waals surface area (Å²) in [5, 5.41) is 3.36.